The van der Waals surface area contributed by atoms with Crippen LogP contribution in [0.4, 0.5) is 0 Å². The van der Waals surface area contributed by atoms with Gasteiger partial charge >= 0.3 is 0 Å². The Balaban J connectivity index is 2.01. The molecule has 1 aliphatic rings. The topological polar surface area (TPSA) is 57.7 Å². The van der Waals surface area contributed by atoms with Crippen LogP contribution in [-0.2, 0) is 4.79 Å². The van der Waals surface area contributed by atoms with Gasteiger partial charge in [-0.05, 0) is 19.1 Å². The fraction of sp³-hybridized carbons (Fsp3) is 0.462. The number of hydrogen-bond acceptors (Lipinski definition) is 4. The number of piperazine rings is 1. The van der Waals surface area contributed by atoms with E-state index in [1.165, 1.54) is 25.2 Å². The van der Waals surface area contributed by atoms with Crippen molar-refractivity contribution in [2.24, 2.45) is 0 Å². The Bertz CT molecular complexity index is 516. The number of nitrogens with zero attached hydrogens (tertiary/aromatic N) is 2. The summed E-state index contributed by atoms with van der Waals surface area (Å²) in [6.07, 6.45) is 0. The molecule has 0 atom stereocenters. The minimum atomic E-state index is -0.0549. The standard InChI is InChI=1S/C13H16N2O3S/c1-9(16)11-3-4-12(19-11)13(18)15-7-5-14(6-8-15)10(2)17/h3-4H,5-8H2,1-2H3. The van der Waals surface area contributed by atoms with E-state index in [-0.39, 0.29) is 17.6 Å². The zero-order valence-corrected chi connectivity index (χ0v) is 11.8. The van der Waals surface area contributed by atoms with Crippen molar-refractivity contribution >= 4 is 28.9 Å². The van der Waals surface area contributed by atoms with Gasteiger partial charge in [0.05, 0.1) is 9.75 Å². The number of hydrogen-bond donors (Lipinski definition) is 0. The van der Waals surface area contributed by atoms with Gasteiger partial charge in [-0.1, -0.05) is 0 Å². The van der Waals surface area contributed by atoms with Gasteiger partial charge in [-0.25, -0.2) is 0 Å². The fourth-order valence-electron chi connectivity index (χ4n) is 2.02. The number of carbonyl (C=O) groups is 3. The second-order valence-electron chi connectivity index (χ2n) is 4.52. The number of Topliss-reactive ketones (excluding diaryl/α,β-unsaturated/α-hetero) is 1. The number of thiophene rings is 1. The highest BCUT2D eigenvalue weighted by Gasteiger charge is 2.24. The lowest BCUT2D eigenvalue weighted by atomic mass is 10.3. The maximum Gasteiger partial charge on any atom is 0.264 e. The van der Waals surface area contributed by atoms with Crippen LogP contribution in [0.15, 0.2) is 12.1 Å². The summed E-state index contributed by atoms with van der Waals surface area (Å²) in [4.78, 5) is 39.3. The molecule has 0 unspecified atom stereocenters. The van der Waals surface area contributed by atoms with Crippen molar-refractivity contribution < 1.29 is 14.4 Å². The summed E-state index contributed by atoms with van der Waals surface area (Å²) in [5.74, 6) is -0.0340. The SMILES string of the molecule is CC(=O)c1ccc(C(=O)N2CCN(C(C)=O)CC2)s1. The van der Waals surface area contributed by atoms with Gasteiger partial charge in [0.2, 0.25) is 5.91 Å². The van der Waals surface area contributed by atoms with E-state index >= 15 is 0 Å². The van der Waals surface area contributed by atoms with E-state index in [0.29, 0.717) is 35.9 Å². The fourth-order valence-corrected chi connectivity index (χ4v) is 2.89. The number of carbonyl (C=O) groups excluding carboxylic acids is 3. The molecular formula is C13H16N2O3S. The smallest absolute Gasteiger partial charge is 0.264 e. The monoisotopic (exact) mass is 280 g/mol. The Morgan fingerprint density at radius 1 is 0.947 bits per heavy atom. The molecule has 0 aliphatic carbocycles. The van der Waals surface area contributed by atoms with Crippen LogP contribution in [0.2, 0.25) is 0 Å². The van der Waals surface area contributed by atoms with Gasteiger partial charge in [0.25, 0.3) is 5.91 Å². The first kappa shape index (κ1) is 13.7. The van der Waals surface area contributed by atoms with Crippen LogP contribution in [0.1, 0.15) is 33.2 Å². The molecule has 0 spiro atoms. The number of rotatable bonds is 2. The summed E-state index contributed by atoms with van der Waals surface area (Å²) >= 11 is 1.23. The molecule has 0 bridgehead atoms. The lowest BCUT2D eigenvalue weighted by Gasteiger charge is -2.33. The van der Waals surface area contributed by atoms with E-state index in [9.17, 15) is 14.4 Å². The molecule has 2 rings (SSSR count). The minimum Gasteiger partial charge on any atom is -0.339 e. The highest BCUT2D eigenvalue weighted by molar-refractivity contribution is 7.15. The van der Waals surface area contributed by atoms with Gasteiger partial charge in [-0.15, -0.1) is 11.3 Å². The van der Waals surface area contributed by atoms with Gasteiger partial charge < -0.3 is 9.80 Å². The molecule has 1 aliphatic heterocycles. The molecule has 6 heteroatoms. The van der Waals surface area contributed by atoms with Gasteiger partial charge in [0.15, 0.2) is 5.78 Å². The third kappa shape index (κ3) is 3.01. The second kappa shape index (κ2) is 5.52. The Kier molecular flexibility index (Phi) is 3.99. The van der Waals surface area contributed by atoms with Gasteiger partial charge in [-0.3, -0.25) is 14.4 Å². The quantitative estimate of drug-likeness (QED) is 0.766. The molecule has 102 valence electrons. The summed E-state index contributed by atoms with van der Waals surface area (Å²) in [7, 11) is 0. The van der Waals surface area contributed by atoms with Gasteiger partial charge in [-0.2, -0.15) is 0 Å². The molecule has 0 aromatic carbocycles. The van der Waals surface area contributed by atoms with E-state index in [2.05, 4.69) is 0 Å². The highest BCUT2D eigenvalue weighted by Crippen LogP contribution is 2.19. The molecule has 1 saturated heterocycles. The van der Waals surface area contributed by atoms with E-state index in [1.54, 1.807) is 21.9 Å². The lowest BCUT2D eigenvalue weighted by molar-refractivity contribution is -0.130. The minimum absolute atomic E-state index is 0.0227. The van der Waals surface area contributed by atoms with E-state index < -0.39 is 0 Å². The molecular weight excluding hydrogens is 264 g/mol. The Labute approximate surface area is 115 Å². The average molecular weight is 280 g/mol. The average Bonchev–Trinajstić information content (AvgIpc) is 2.87. The molecule has 2 heterocycles. The van der Waals surface area contributed by atoms with Crippen LogP contribution >= 0.6 is 11.3 Å². The predicted octanol–water partition coefficient (Wildman–Crippen LogP) is 1.26. The van der Waals surface area contributed by atoms with Crippen LogP contribution in [0.5, 0.6) is 0 Å². The maximum absolute atomic E-state index is 12.2. The van der Waals surface area contributed by atoms with Crippen molar-refractivity contribution in [2.45, 2.75) is 13.8 Å². The molecule has 1 aromatic heterocycles. The lowest BCUT2D eigenvalue weighted by Crippen LogP contribution is -2.49. The van der Waals surface area contributed by atoms with Crippen LogP contribution < -0.4 is 0 Å². The van der Waals surface area contributed by atoms with Crippen LogP contribution in [0.25, 0.3) is 0 Å². The summed E-state index contributed by atoms with van der Waals surface area (Å²) in [5.41, 5.74) is 0. The molecule has 2 amide bonds. The summed E-state index contributed by atoms with van der Waals surface area (Å²) in [6, 6.07) is 3.38. The maximum atomic E-state index is 12.2. The molecule has 0 radical (unpaired) electrons. The molecule has 1 aromatic rings. The predicted molar refractivity (Wildman–Crippen MR) is 72.5 cm³/mol. The third-order valence-electron chi connectivity index (χ3n) is 3.18. The van der Waals surface area contributed by atoms with Crippen LogP contribution in [-0.4, -0.2) is 53.6 Å². The number of amides is 2. The second-order valence-corrected chi connectivity index (χ2v) is 5.60. The van der Waals surface area contributed by atoms with Crippen LogP contribution in [0, 0.1) is 0 Å². The molecule has 0 N–H and O–H groups in total. The van der Waals surface area contributed by atoms with Crippen molar-refractivity contribution in [1.82, 2.24) is 9.80 Å². The summed E-state index contributed by atoms with van der Waals surface area (Å²) < 4.78 is 0. The zero-order valence-electron chi connectivity index (χ0n) is 11.0. The Morgan fingerprint density at radius 2 is 1.47 bits per heavy atom. The van der Waals surface area contributed by atoms with Crippen molar-refractivity contribution in [2.75, 3.05) is 26.2 Å². The van der Waals surface area contributed by atoms with Crippen molar-refractivity contribution in [1.29, 1.82) is 0 Å². The summed E-state index contributed by atoms with van der Waals surface area (Å²) in [6.45, 7) is 5.27. The van der Waals surface area contributed by atoms with E-state index in [0.717, 1.165) is 0 Å². The highest BCUT2D eigenvalue weighted by atomic mass is 32.1. The first-order valence-electron chi connectivity index (χ1n) is 6.14. The van der Waals surface area contributed by atoms with Gasteiger partial charge in [0, 0.05) is 33.1 Å². The molecule has 0 saturated carbocycles. The van der Waals surface area contributed by atoms with Crippen molar-refractivity contribution in [3.8, 4) is 0 Å². The molecule has 19 heavy (non-hydrogen) atoms. The summed E-state index contributed by atoms with van der Waals surface area (Å²) in [5, 5.41) is 0. The van der Waals surface area contributed by atoms with Gasteiger partial charge in [0.1, 0.15) is 0 Å². The van der Waals surface area contributed by atoms with E-state index in [4.69, 9.17) is 0 Å². The molecule has 1 fully saturated rings. The van der Waals surface area contributed by atoms with E-state index in [1.807, 2.05) is 0 Å². The first-order valence-corrected chi connectivity index (χ1v) is 6.96. The molecule has 5 nitrogen and oxygen atoms in total. The number of ketones is 1. The first-order chi connectivity index (χ1) is 8.99. The largest absolute Gasteiger partial charge is 0.339 e. The normalized spacial score (nSPS) is 15.5. The van der Waals surface area contributed by atoms with Crippen molar-refractivity contribution in [3.05, 3.63) is 21.9 Å². The third-order valence-corrected chi connectivity index (χ3v) is 4.35. The zero-order chi connectivity index (χ0) is 14.0. The van der Waals surface area contributed by atoms with Crippen molar-refractivity contribution in [3.63, 3.8) is 0 Å². The Hall–Kier alpha value is -1.69. The Morgan fingerprint density at radius 3 is 1.95 bits per heavy atom. The van der Waals surface area contributed by atoms with Crippen LogP contribution in [0.3, 0.4) is 0 Å².